The zero-order valence-electron chi connectivity index (χ0n) is 10.7. The maximum Gasteiger partial charge on any atom is 0.358 e. The molecule has 0 radical (unpaired) electrons. The average Bonchev–Trinajstić information content (AvgIpc) is 3.05. The molecule has 1 aliphatic rings. The fourth-order valence-corrected chi connectivity index (χ4v) is 2.29. The van der Waals surface area contributed by atoms with Crippen LogP contribution in [0.25, 0.3) is 0 Å². The lowest BCUT2D eigenvalue weighted by Gasteiger charge is -2.21. The third kappa shape index (κ3) is 2.43. The molecule has 8 heteroatoms. The Morgan fingerprint density at radius 2 is 2.05 bits per heavy atom. The van der Waals surface area contributed by atoms with Crippen LogP contribution in [-0.4, -0.2) is 50.0 Å². The van der Waals surface area contributed by atoms with Crippen LogP contribution in [0.4, 0.5) is 0 Å². The highest BCUT2D eigenvalue weighted by Crippen LogP contribution is 2.17. The first-order valence-electron chi connectivity index (χ1n) is 6.22. The molecule has 1 saturated heterocycles. The van der Waals surface area contributed by atoms with Gasteiger partial charge in [-0.1, -0.05) is 5.21 Å². The number of likely N-dealkylation sites (tertiary alicyclic amines) is 1. The smallest absolute Gasteiger partial charge is 0.358 e. The van der Waals surface area contributed by atoms with Crippen LogP contribution >= 0.6 is 0 Å². The first-order chi connectivity index (χ1) is 9.06. The van der Waals surface area contributed by atoms with Crippen molar-refractivity contribution in [2.75, 3.05) is 13.1 Å². The second-order valence-electron chi connectivity index (χ2n) is 4.55. The molecule has 1 aromatic heterocycles. The second-order valence-corrected chi connectivity index (χ2v) is 4.55. The number of hydrogen-bond acceptors (Lipinski definition) is 5. The van der Waals surface area contributed by atoms with Crippen LogP contribution in [-0.2, 0) is 11.3 Å². The van der Waals surface area contributed by atoms with Crippen molar-refractivity contribution < 1.29 is 14.7 Å². The van der Waals surface area contributed by atoms with E-state index >= 15 is 0 Å². The number of amides is 1. The van der Waals surface area contributed by atoms with Gasteiger partial charge in [-0.3, -0.25) is 4.79 Å². The molecule has 0 spiro atoms. The van der Waals surface area contributed by atoms with Gasteiger partial charge in [0.05, 0.1) is 5.69 Å². The van der Waals surface area contributed by atoms with Crippen LogP contribution < -0.4 is 5.73 Å². The Morgan fingerprint density at radius 3 is 2.58 bits per heavy atom. The normalized spacial score (nSPS) is 16.6. The summed E-state index contributed by atoms with van der Waals surface area (Å²) in [7, 11) is 0. The standard InChI is InChI=1S/C11H17N5O3/c1-7(10(17)15-4-2-3-5-15)16-8(6-12)9(11(18)19)13-14-16/h7H,2-6,12H2,1H3,(H,18,19). The van der Waals surface area contributed by atoms with E-state index in [1.54, 1.807) is 11.8 Å². The fraction of sp³-hybridized carbons (Fsp3) is 0.636. The number of aromatic carboxylic acids is 1. The topological polar surface area (TPSA) is 114 Å². The van der Waals surface area contributed by atoms with Crippen LogP contribution in [0.2, 0.25) is 0 Å². The Labute approximate surface area is 110 Å². The van der Waals surface area contributed by atoms with Crippen molar-refractivity contribution in [2.24, 2.45) is 5.73 Å². The molecule has 8 nitrogen and oxygen atoms in total. The van der Waals surface area contributed by atoms with Crippen LogP contribution in [0, 0.1) is 0 Å². The summed E-state index contributed by atoms with van der Waals surface area (Å²) in [4.78, 5) is 25.0. The van der Waals surface area contributed by atoms with Crippen molar-refractivity contribution in [1.82, 2.24) is 19.9 Å². The molecule has 0 aliphatic carbocycles. The summed E-state index contributed by atoms with van der Waals surface area (Å²) < 4.78 is 1.31. The summed E-state index contributed by atoms with van der Waals surface area (Å²) in [5.41, 5.74) is 5.62. The van der Waals surface area contributed by atoms with Gasteiger partial charge in [-0.2, -0.15) is 0 Å². The molecule has 0 saturated carbocycles. The highest BCUT2D eigenvalue weighted by Gasteiger charge is 2.28. The first-order valence-corrected chi connectivity index (χ1v) is 6.22. The van der Waals surface area contributed by atoms with Crippen molar-refractivity contribution in [3.05, 3.63) is 11.4 Å². The third-order valence-corrected chi connectivity index (χ3v) is 3.33. The largest absolute Gasteiger partial charge is 0.476 e. The Balaban J connectivity index is 2.25. The van der Waals surface area contributed by atoms with E-state index in [0.717, 1.165) is 25.9 Å². The van der Waals surface area contributed by atoms with Crippen LogP contribution in [0.5, 0.6) is 0 Å². The number of carbonyl (C=O) groups excluding carboxylic acids is 1. The van der Waals surface area contributed by atoms with E-state index in [-0.39, 0.29) is 23.8 Å². The minimum atomic E-state index is -1.19. The number of carbonyl (C=O) groups is 2. The van der Waals surface area contributed by atoms with Gasteiger partial charge in [0.15, 0.2) is 5.69 Å². The number of aromatic nitrogens is 3. The van der Waals surface area contributed by atoms with Crippen LogP contribution in [0.1, 0.15) is 42.0 Å². The van der Waals surface area contributed by atoms with Gasteiger partial charge in [-0.05, 0) is 19.8 Å². The number of carboxylic acid groups (broad SMARTS) is 1. The molecule has 1 amide bonds. The maximum absolute atomic E-state index is 12.2. The predicted octanol–water partition coefficient (Wildman–Crippen LogP) is -0.382. The Bertz CT molecular complexity index is 493. The van der Waals surface area contributed by atoms with Gasteiger partial charge in [-0.15, -0.1) is 5.10 Å². The summed E-state index contributed by atoms with van der Waals surface area (Å²) in [6.45, 7) is 3.13. The molecule has 0 aromatic carbocycles. The van der Waals surface area contributed by atoms with E-state index in [2.05, 4.69) is 10.3 Å². The lowest BCUT2D eigenvalue weighted by atomic mass is 10.2. The number of rotatable bonds is 4. The van der Waals surface area contributed by atoms with E-state index in [0.29, 0.717) is 0 Å². The molecular formula is C11H17N5O3. The molecule has 2 heterocycles. The zero-order chi connectivity index (χ0) is 14.0. The van der Waals surface area contributed by atoms with Crippen molar-refractivity contribution >= 4 is 11.9 Å². The Morgan fingerprint density at radius 1 is 1.42 bits per heavy atom. The predicted molar refractivity (Wildman–Crippen MR) is 65.4 cm³/mol. The summed E-state index contributed by atoms with van der Waals surface area (Å²) in [5.74, 6) is -1.26. The molecule has 104 valence electrons. The zero-order valence-corrected chi connectivity index (χ0v) is 10.7. The Kier molecular flexibility index (Phi) is 3.79. The summed E-state index contributed by atoms with van der Waals surface area (Å²) in [6.07, 6.45) is 2.00. The molecule has 2 rings (SSSR count). The molecule has 1 unspecified atom stereocenters. The van der Waals surface area contributed by atoms with Gasteiger partial charge >= 0.3 is 5.97 Å². The SMILES string of the molecule is CC(C(=O)N1CCCC1)n1nnc(C(=O)O)c1CN. The van der Waals surface area contributed by atoms with Gasteiger partial charge in [0, 0.05) is 19.6 Å². The summed E-state index contributed by atoms with van der Waals surface area (Å²) >= 11 is 0. The Hall–Kier alpha value is -1.96. The van der Waals surface area contributed by atoms with Gasteiger partial charge in [0.2, 0.25) is 5.91 Å². The van der Waals surface area contributed by atoms with Crippen molar-refractivity contribution in [3.63, 3.8) is 0 Å². The van der Waals surface area contributed by atoms with Gasteiger partial charge < -0.3 is 15.7 Å². The fourth-order valence-electron chi connectivity index (χ4n) is 2.29. The average molecular weight is 267 g/mol. The van der Waals surface area contributed by atoms with Crippen LogP contribution in [0.15, 0.2) is 0 Å². The van der Waals surface area contributed by atoms with Gasteiger partial charge in [0.25, 0.3) is 0 Å². The molecule has 1 aromatic rings. The maximum atomic E-state index is 12.2. The van der Waals surface area contributed by atoms with E-state index in [1.807, 2.05) is 0 Å². The lowest BCUT2D eigenvalue weighted by Crippen LogP contribution is -2.35. The highest BCUT2D eigenvalue weighted by atomic mass is 16.4. The van der Waals surface area contributed by atoms with E-state index in [4.69, 9.17) is 10.8 Å². The molecular weight excluding hydrogens is 250 g/mol. The van der Waals surface area contributed by atoms with E-state index < -0.39 is 12.0 Å². The van der Waals surface area contributed by atoms with E-state index in [9.17, 15) is 9.59 Å². The van der Waals surface area contributed by atoms with Gasteiger partial charge in [-0.25, -0.2) is 9.48 Å². The highest BCUT2D eigenvalue weighted by molar-refractivity contribution is 5.87. The van der Waals surface area contributed by atoms with E-state index in [1.165, 1.54) is 4.68 Å². The molecule has 1 atom stereocenters. The number of nitrogens with two attached hydrogens (primary N) is 1. The van der Waals surface area contributed by atoms with Crippen molar-refractivity contribution in [2.45, 2.75) is 32.4 Å². The quantitative estimate of drug-likeness (QED) is 0.768. The van der Waals surface area contributed by atoms with Crippen molar-refractivity contribution in [3.8, 4) is 0 Å². The lowest BCUT2D eigenvalue weighted by molar-refractivity contribution is -0.133. The summed E-state index contributed by atoms with van der Waals surface area (Å²) in [5, 5.41) is 16.3. The number of nitrogens with zero attached hydrogens (tertiary/aromatic N) is 4. The first kappa shape index (κ1) is 13.5. The van der Waals surface area contributed by atoms with Gasteiger partial charge in [0.1, 0.15) is 6.04 Å². The minimum Gasteiger partial charge on any atom is -0.476 e. The van der Waals surface area contributed by atoms with Crippen molar-refractivity contribution in [1.29, 1.82) is 0 Å². The number of hydrogen-bond donors (Lipinski definition) is 2. The molecule has 19 heavy (non-hydrogen) atoms. The molecule has 3 N–H and O–H groups in total. The number of carboxylic acids is 1. The molecule has 0 bridgehead atoms. The second kappa shape index (κ2) is 5.35. The summed E-state index contributed by atoms with van der Waals surface area (Å²) in [6, 6.07) is -0.586. The molecule has 1 aliphatic heterocycles. The molecule has 1 fully saturated rings. The van der Waals surface area contributed by atoms with Crippen LogP contribution in [0.3, 0.4) is 0 Å². The third-order valence-electron chi connectivity index (χ3n) is 3.33. The monoisotopic (exact) mass is 267 g/mol. The minimum absolute atomic E-state index is 0.0216.